The molecule has 6 rings (SSSR count). The van der Waals surface area contributed by atoms with Crippen molar-refractivity contribution < 1.29 is 92.8 Å². The Balaban J connectivity index is 0.000000576. The Bertz CT molecular complexity index is 1870. The molecule has 0 radical (unpaired) electrons. The van der Waals surface area contributed by atoms with Crippen LogP contribution in [-0.4, -0.2) is 105 Å². The predicted molar refractivity (Wildman–Crippen MR) is 253 cm³/mol. The van der Waals surface area contributed by atoms with Gasteiger partial charge in [0.2, 0.25) is 5.79 Å². The largest absolute Gasteiger partial charge is 1.00 e. The molecule has 0 aliphatic carbocycles. The number of aliphatic hydroxyl groups is 3. The molecule has 1 aromatic rings. The van der Waals surface area contributed by atoms with Gasteiger partial charge in [0, 0.05) is 52.7 Å². The molecule has 18 atom stereocenters. The maximum atomic E-state index is 14.4. The van der Waals surface area contributed by atoms with Crippen LogP contribution >= 0.6 is 11.6 Å². The molecule has 18 unspecified atom stereocenters. The van der Waals surface area contributed by atoms with Gasteiger partial charge in [0.15, 0.2) is 5.79 Å². The number of hydrogen-bond donors (Lipinski definition) is 4. The average molecular weight is 987 g/mol. The van der Waals surface area contributed by atoms with E-state index in [0.717, 1.165) is 6.42 Å². The van der Waals surface area contributed by atoms with Crippen molar-refractivity contribution in [3.63, 3.8) is 0 Å². The number of halogens is 1. The van der Waals surface area contributed by atoms with Crippen LogP contribution in [0.2, 0.25) is 5.02 Å². The van der Waals surface area contributed by atoms with E-state index in [0.29, 0.717) is 68.5 Å². The molecule has 2 spiro atoms. The Labute approximate surface area is 432 Å². The number of carbonyl (C=O) groups excluding carboxylic acids is 3. The van der Waals surface area contributed by atoms with Gasteiger partial charge in [0.1, 0.15) is 11.9 Å². The molecule has 14 nitrogen and oxygen atoms in total. The standard InChI is InChI=1S/C42H70O11.C10H12ClNO2.Na/c1-11-29(38(46)47)31-15-14-23(4)36(50-31)27(8)34(44)26(7)35(45)30(12-2)37-24(5)22-25(6)41(51-37)19-16-32(43)42(53-41)21-20-39(10,52-42)33-17-18-40(48,13-3)28(9)49-33;1-7(2)14-10(13)12-9-5-3-4-8(11)6-9;/h16,19,23-34,36-37,43-44,48H,11-15,17-18,20-22H2,1-10H3,(H,46,47);3-7H,1-2H3,(H,12,13);/q;;+1/p-1. The Morgan fingerprint density at radius 1 is 0.926 bits per heavy atom. The van der Waals surface area contributed by atoms with E-state index in [1.165, 1.54) is 0 Å². The molecule has 5 aliphatic rings. The summed E-state index contributed by atoms with van der Waals surface area (Å²) in [5.74, 6) is -6.24. The topological polar surface area (TPSA) is 202 Å². The van der Waals surface area contributed by atoms with Crippen molar-refractivity contribution in [3.8, 4) is 0 Å². The number of carboxylic acids is 1. The number of ketones is 1. The van der Waals surface area contributed by atoms with Crippen LogP contribution in [0, 0.1) is 41.4 Å². The molecule has 4 fully saturated rings. The summed E-state index contributed by atoms with van der Waals surface area (Å²) in [6.07, 6.45) is 4.62. The van der Waals surface area contributed by atoms with Gasteiger partial charge in [-0.15, -0.1) is 0 Å². The van der Waals surface area contributed by atoms with Crippen molar-refractivity contribution in [2.45, 2.75) is 219 Å². The monoisotopic (exact) mass is 986 g/mol. The van der Waals surface area contributed by atoms with Crippen LogP contribution in [0.15, 0.2) is 36.4 Å². The summed E-state index contributed by atoms with van der Waals surface area (Å²) in [5.41, 5.74) is -1.01. The number of carbonyl (C=O) groups is 3. The van der Waals surface area contributed by atoms with Crippen LogP contribution < -0.4 is 40.0 Å². The zero-order valence-electron chi connectivity index (χ0n) is 43.0. The molecule has 16 heteroatoms. The van der Waals surface area contributed by atoms with Crippen molar-refractivity contribution in [2.75, 3.05) is 5.32 Å². The molecule has 68 heavy (non-hydrogen) atoms. The molecule has 0 bridgehead atoms. The fraction of sp³-hybridized carbons (Fsp3) is 0.788. The van der Waals surface area contributed by atoms with E-state index in [4.69, 9.17) is 40.0 Å². The molecule has 4 N–H and O–H groups in total. The Morgan fingerprint density at radius 2 is 1.60 bits per heavy atom. The van der Waals surface area contributed by atoms with Crippen LogP contribution in [0.5, 0.6) is 0 Å². The fourth-order valence-electron chi connectivity index (χ4n) is 11.4. The fourth-order valence-corrected chi connectivity index (χ4v) is 11.6. The minimum Gasteiger partial charge on any atom is -0.550 e. The van der Waals surface area contributed by atoms with E-state index in [-0.39, 0.29) is 71.4 Å². The van der Waals surface area contributed by atoms with Gasteiger partial charge in [0.05, 0.1) is 53.9 Å². The van der Waals surface area contributed by atoms with E-state index in [9.17, 15) is 34.8 Å². The van der Waals surface area contributed by atoms with Crippen LogP contribution in [-0.2, 0) is 38.0 Å². The molecule has 380 valence electrons. The van der Waals surface area contributed by atoms with Gasteiger partial charge in [0.25, 0.3) is 0 Å². The number of aliphatic carboxylic acids is 1. The van der Waals surface area contributed by atoms with Crippen LogP contribution in [0.1, 0.15) is 147 Å². The third kappa shape index (κ3) is 13.1. The summed E-state index contributed by atoms with van der Waals surface area (Å²) in [6.45, 7) is 23.1. The van der Waals surface area contributed by atoms with Crippen molar-refractivity contribution in [1.82, 2.24) is 0 Å². The number of nitrogens with one attached hydrogen (secondary N) is 1. The van der Waals surface area contributed by atoms with Crippen molar-refractivity contribution in [2.24, 2.45) is 41.4 Å². The molecule has 5 heterocycles. The van der Waals surface area contributed by atoms with Crippen LogP contribution in [0.4, 0.5) is 10.5 Å². The molecule has 0 aromatic heterocycles. The third-order valence-corrected chi connectivity index (χ3v) is 16.1. The van der Waals surface area contributed by atoms with E-state index in [1.54, 1.807) is 57.2 Å². The number of ether oxygens (including phenoxy) is 6. The summed E-state index contributed by atoms with van der Waals surface area (Å²) < 4.78 is 38.3. The van der Waals surface area contributed by atoms with Gasteiger partial charge in [-0.2, -0.15) is 0 Å². The first-order valence-electron chi connectivity index (χ1n) is 25.0. The quantitative estimate of drug-likeness (QED) is 0.141. The molecule has 0 saturated carbocycles. The molecular weight excluding hydrogens is 905 g/mol. The minimum absolute atomic E-state index is 0. The number of amides is 1. The van der Waals surface area contributed by atoms with Gasteiger partial charge >= 0.3 is 35.7 Å². The molecule has 1 aromatic carbocycles. The van der Waals surface area contributed by atoms with Crippen molar-refractivity contribution in [3.05, 3.63) is 41.4 Å². The minimum atomic E-state index is -1.37. The molecule has 1 amide bonds. The predicted octanol–water partition coefficient (Wildman–Crippen LogP) is 5.15. The van der Waals surface area contributed by atoms with Crippen molar-refractivity contribution in [1.29, 1.82) is 0 Å². The first kappa shape index (κ1) is 58.9. The second-order valence-corrected chi connectivity index (χ2v) is 21.4. The summed E-state index contributed by atoms with van der Waals surface area (Å²) in [7, 11) is 0. The number of Topliss-reactive ketones (excluding diaryl/α,β-unsaturated/α-hetero) is 1. The number of benzene rings is 1. The maximum absolute atomic E-state index is 14.4. The number of anilines is 1. The van der Waals surface area contributed by atoms with Gasteiger partial charge in [-0.05, 0) is 128 Å². The average Bonchev–Trinajstić information content (AvgIpc) is 3.62. The van der Waals surface area contributed by atoms with E-state index in [2.05, 4.69) is 26.1 Å². The smallest absolute Gasteiger partial charge is 0.550 e. The third-order valence-electron chi connectivity index (χ3n) is 15.8. The van der Waals surface area contributed by atoms with E-state index in [1.807, 2.05) is 41.5 Å². The molecule has 4 saturated heterocycles. The summed E-state index contributed by atoms with van der Waals surface area (Å²) in [5, 5.41) is 49.1. The summed E-state index contributed by atoms with van der Waals surface area (Å²) in [4.78, 5) is 37.4. The van der Waals surface area contributed by atoms with Gasteiger partial charge in [-0.3, -0.25) is 10.1 Å². The van der Waals surface area contributed by atoms with Gasteiger partial charge < -0.3 is 53.6 Å². The second kappa shape index (κ2) is 24.4. The summed E-state index contributed by atoms with van der Waals surface area (Å²) >= 11 is 5.74. The Morgan fingerprint density at radius 3 is 2.19 bits per heavy atom. The first-order chi connectivity index (χ1) is 31.4. The number of aliphatic hydroxyl groups excluding tert-OH is 2. The normalized spacial score (nSPS) is 38.0. The molecular formula is C52H81ClNNaO13. The first-order valence-corrected chi connectivity index (χ1v) is 25.4. The maximum Gasteiger partial charge on any atom is 1.00 e. The van der Waals surface area contributed by atoms with E-state index < -0.39 is 89.0 Å². The zero-order valence-corrected chi connectivity index (χ0v) is 45.8. The zero-order chi connectivity index (χ0) is 49.8. The summed E-state index contributed by atoms with van der Waals surface area (Å²) in [6, 6.07) is 6.89. The van der Waals surface area contributed by atoms with Crippen molar-refractivity contribution >= 4 is 35.1 Å². The SMILES string of the molecule is CC(C)OC(=O)Nc1cccc(Cl)c1.CCC(C(=O)[O-])C1CCC(C)C(C(C)C(O)C(C)C(=O)C(CC)C2OC3(C=CC(O)C4(CCC(C)(C5CCC(O)(CC)C(C)O5)O4)O3)C(C)CC2C)O1.[Na+]. The van der Waals surface area contributed by atoms with E-state index >= 15 is 0 Å². The Kier molecular flexibility index (Phi) is 21.1. The van der Waals surface area contributed by atoms with Crippen LogP contribution in [0.3, 0.4) is 0 Å². The van der Waals surface area contributed by atoms with Gasteiger partial charge in [-0.25, -0.2) is 4.79 Å². The molecule has 5 aliphatic heterocycles. The number of hydrogen-bond acceptors (Lipinski definition) is 13. The van der Waals surface area contributed by atoms with Gasteiger partial charge in [-0.1, -0.05) is 73.1 Å². The van der Waals surface area contributed by atoms with Crippen LogP contribution in [0.25, 0.3) is 0 Å². The second-order valence-electron chi connectivity index (χ2n) is 21.0. The number of carboxylic acid groups (broad SMARTS) is 1. The Hall–Kier alpha value is -1.66. The number of rotatable bonds is 14.